The summed E-state index contributed by atoms with van der Waals surface area (Å²) in [7, 11) is 0. The molecule has 0 amide bonds. The topological polar surface area (TPSA) is 45.1 Å². The van der Waals surface area contributed by atoms with Crippen LogP contribution in [0.2, 0.25) is 0 Å². The molecule has 0 aromatic carbocycles. The molecule has 1 atom stereocenters. The van der Waals surface area contributed by atoms with E-state index in [9.17, 15) is 4.39 Å². The van der Waals surface area contributed by atoms with Gasteiger partial charge in [0.05, 0.1) is 6.20 Å². The first-order valence-corrected chi connectivity index (χ1v) is 5.68. The number of unbranched alkanes of at least 4 members (excludes halogenated alkanes) is 2. The minimum Gasteiger partial charge on any atom is -0.396 e. The van der Waals surface area contributed by atoms with Crippen LogP contribution in [0, 0.1) is 5.82 Å². The first-order valence-electron chi connectivity index (χ1n) is 5.68. The van der Waals surface area contributed by atoms with Crippen LogP contribution in [-0.2, 0) is 0 Å². The molecule has 0 spiro atoms. The van der Waals surface area contributed by atoms with E-state index in [2.05, 4.69) is 10.3 Å². The molecule has 16 heavy (non-hydrogen) atoms. The number of hydrogen-bond acceptors (Lipinski definition) is 3. The highest BCUT2D eigenvalue weighted by molar-refractivity contribution is 5.13. The van der Waals surface area contributed by atoms with E-state index in [0.29, 0.717) is 0 Å². The summed E-state index contributed by atoms with van der Waals surface area (Å²) in [5, 5.41) is 11.9. The Hall–Kier alpha value is -1.00. The summed E-state index contributed by atoms with van der Waals surface area (Å²) in [6, 6.07) is 1.61. The minimum atomic E-state index is -0.300. The summed E-state index contributed by atoms with van der Waals surface area (Å²) in [5.74, 6) is -0.300. The highest BCUT2D eigenvalue weighted by Crippen LogP contribution is 2.11. The zero-order valence-corrected chi connectivity index (χ0v) is 9.62. The zero-order valence-electron chi connectivity index (χ0n) is 9.62. The Morgan fingerprint density at radius 2 is 2.19 bits per heavy atom. The van der Waals surface area contributed by atoms with Crippen LogP contribution in [0.25, 0.3) is 0 Å². The van der Waals surface area contributed by atoms with Crippen molar-refractivity contribution in [2.24, 2.45) is 0 Å². The number of nitrogens with one attached hydrogen (secondary N) is 1. The Kier molecular flexibility index (Phi) is 5.96. The molecule has 0 aliphatic rings. The van der Waals surface area contributed by atoms with Gasteiger partial charge in [-0.15, -0.1) is 0 Å². The highest BCUT2D eigenvalue weighted by Gasteiger charge is 2.05. The van der Waals surface area contributed by atoms with Gasteiger partial charge in [0.1, 0.15) is 5.82 Å². The van der Waals surface area contributed by atoms with E-state index in [-0.39, 0.29) is 18.5 Å². The average Bonchev–Trinajstić information content (AvgIpc) is 2.28. The fraction of sp³-hybridized carbons (Fsp3) is 0.583. The fourth-order valence-corrected chi connectivity index (χ4v) is 1.52. The molecule has 0 bridgehead atoms. The van der Waals surface area contributed by atoms with Gasteiger partial charge in [-0.05, 0) is 44.4 Å². The molecule has 0 aliphatic carbocycles. The van der Waals surface area contributed by atoms with Crippen molar-refractivity contribution in [3.8, 4) is 0 Å². The molecule has 1 unspecified atom stereocenters. The Balaban J connectivity index is 2.27. The second kappa shape index (κ2) is 7.30. The summed E-state index contributed by atoms with van der Waals surface area (Å²) in [6.45, 7) is 3.11. The van der Waals surface area contributed by atoms with Crippen molar-refractivity contribution in [3.63, 3.8) is 0 Å². The minimum absolute atomic E-state index is 0.109. The number of pyridine rings is 1. The quantitative estimate of drug-likeness (QED) is 0.699. The predicted octanol–water partition coefficient (Wildman–Crippen LogP) is 2.03. The van der Waals surface area contributed by atoms with Crippen LogP contribution in [0.3, 0.4) is 0 Å². The van der Waals surface area contributed by atoms with Crippen LogP contribution in [-0.4, -0.2) is 23.2 Å². The first kappa shape index (κ1) is 13.1. The van der Waals surface area contributed by atoms with Gasteiger partial charge in [0.25, 0.3) is 0 Å². The maximum atomic E-state index is 12.9. The maximum Gasteiger partial charge on any atom is 0.141 e. The molecular weight excluding hydrogens is 207 g/mol. The number of halogens is 1. The third-order valence-electron chi connectivity index (χ3n) is 2.51. The molecule has 0 aliphatic heterocycles. The van der Waals surface area contributed by atoms with Gasteiger partial charge >= 0.3 is 0 Å². The number of hydrogen-bond donors (Lipinski definition) is 2. The third-order valence-corrected chi connectivity index (χ3v) is 2.51. The van der Waals surface area contributed by atoms with Crippen LogP contribution in [0.5, 0.6) is 0 Å². The number of aliphatic hydroxyl groups is 1. The van der Waals surface area contributed by atoms with Crippen molar-refractivity contribution in [2.75, 3.05) is 13.2 Å². The molecule has 90 valence electrons. The van der Waals surface area contributed by atoms with Crippen molar-refractivity contribution in [1.82, 2.24) is 10.3 Å². The maximum absolute atomic E-state index is 12.9. The lowest BCUT2D eigenvalue weighted by Gasteiger charge is -2.13. The molecule has 1 rings (SSSR count). The highest BCUT2D eigenvalue weighted by atomic mass is 19.1. The number of aliphatic hydroxyl groups excluding tert-OH is 1. The van der Waals surface area contributed by atoms with Crippen molar-refractivity contribution < 1.29 is 9.50 Å². The lowest BCUT2D eigenvalue weighted by molar-refractivity contribution is 0.282. The Morgan fingerprint density at radius 1 is 1.38 bits per heavy atom. The van der Waals surface area contributed by atoms with E-state index in [0.717, 1.165) is 31.4 Å². The summed E-state index contributed by atoms with van der Waals surface area (Å²) >= 11 is 0. The van der Waals surface area contributed by atoms with E-state index >= 15 is 0 Å². The molecule has 0 saturated heterocycles. The van der Waals surface area contributed by atoms with Crippen LogP contribution in [0.15, 0.2) is 18.5 Å². The lowest BCUT2D eigenvalue weighted by Crippen LogP contribution is -2.20. The fourth-order valence-electron chi connectivity index (χ4n) is 1.52. The molecule has 1 aromatic heterocycles. The van der Waals surface area contributed by atoms with E-state index in [4.69, 9.17) is 5.11 Å². The molecule has 3 nitrogen and oxygen atoms in total. The Bertz CT molecular complexity index is 307. The standard InChI is InChI=1S/C12H19FN2O/c1-10(15-5-3-2-4-6-16)11-7-12(13)9-14-8-11/h7-10,15-16H,2-6H2,1H3. The molecule has 1 heterocycles. The summed E-state index contributed by atoms with van der Waals surface area (Å²) in [5.41, 5.74) is 0.863. The zero-order chi connectivity index (χ0) is 11.8. The van der Waals surface area contributed by atoms with E-state index in [1.165, 1.54) is 12.3 Å². The second-order valence-electron chi connectivity index (χ2n) is 3.90. The Labute approximate surface area is 95.7 Å². The first-order chi connectivity index (χ1) is 7.74. The number of nitrogens with zero attached hydrogens (tertiary/aromatic N) is 1. The molecule has 0 radical (unpaired) electrons. The van der Waals surface area contributed by atoms with Gasteiger partial charge in [-0.25, -0.2) is 4.39 Å². The molecule has 0 fully saturated rings. The number of aromatic nitrogens is 1. The number of rotatable bonds is 7. The monoisotopic (exact) mass is 226 g/mol. The van der Waals surface area contributed by atoms with Gasteiger partial charge in [0, 0.05) is 18.8 Å². The van der Waals surface area contributed by atoms with E-state index in [1.54, 1.807) is 6.20 Å². The largest absolute Gasteiger partial charge is 0.396 e. The predicted molar refractivity (Wildman–Crippen MR) is 61.5 cm³/mol. The molecular formula is C12H19FN2O. The van der Waals surface area contributed by atoms with E-state index < -0.39 is 0 Å². The summed E-state index contributed by atoms with van der Waals surface area (Å²) < 4.78 is 12.9. The average molecular weight is 226 g/mol. The van der Waals surface area contributed by atoms with Gasteiger partial charge in [0.15, 0.2) is 0 Å². The third kappa shape index (κ3) is 4.68. The van der Waals surface area contributed by atoms with Gasteiger partial charge in [-0.2, -0.15) is 0 Å². The van der Waals surface area contributed by atoms with Crippen molar-refractivity contribution >= 4 is 0 Å². The van der Waals surface area contributed by atoms with Crippen LogP contribution in [0.1, 0.15) is 37.8 Å². The van der Waals surface area contributed by atoms with Crippen LogP contribution < -0.4 is 5.32 Å². The van der Waals surface area contributed by atoms with Gasteiger partial charge in [-0.1, -0.05) is 0 Å². The molecule has 4 heteroatoms. The van der Waals surface area contributed by atoms with Gasteiger partial charge < -0.3 is 10.4 Å². The van der Waals surface area contributed by atoms with Gasteiger partial charge in [-0.3, -0.25) is 4.98 Å². The molecule has 0 saturated carbocycles. The Morgan fingerprint density at radius 3 is 2.88 bits per heavy atom. The normalized spacial score (nSPS) is 12.7. The van der Waals surface area contributed by atoms with Crippen LogP contribution in [0.4, 0.5) is 4.39 Å². The summed E-state index contributed by atoms with van der Waals surface area (Å²) in [4.78, 5) is 3.81. The van der Waals surface area contributed by atoms with Crippen molar-refractivity contribution in [2.45, 2.75) is 32.2 Å². The van der Waals surface area contributed by atoms with Gasteiger partial charge in [0.2, 0.25) is 0 Å². The summed E-state index contributed by atoms with van der Waals surface area (Å²) in [6.07, 6.45) is 5.76. The van der Waals surface area contributed by atoms with Crippen molar-refractivity contribution in [1.29, 1.82) is 0 Å². The molecule has 1 aromatic rings. The lowest BCUT2D eigenvalue weighted by atomic mass is 10.1. The van der Waals surface area contributed by atoms with Crippen LogP contribution >= 0.6 is 0 Å². The molecule has 2 N–H and O–H groups in total. The SMILES string of the molecule is CC(NCCCCCO)c1cncc(F)c1. The van der Waals surface area contributed by atoms with E-state index in [1.807, 2.05) is 6.92 Å². The van der Waals surface area contributed by atoms with Crippen molar-refractivity contribution in [3.05, 3.63) is 29.8 Å². The smallest absolute Gasteiger partial charge is 0.141 e. The second-order valence-corrected chi connectivity index (χ2v) is 3.90.